The maximum absolute atomic E-state index is 13.4. The SMILES string of the molecule is N[C@@](CF)(CC(=O)O)c1cc(Br)ccc1F. The van der Waals surface area contributed by atoms with Gasteiger partial charge < -0.3 is 10.8 Å². The molecule has 0 spiro atoms. The second kappa shape index (κ2) is 4.88. The van der Waals surface area contributed by atoms with Crippen LogP contribution in [0.2, 0.25) is 0 Å². The molecule has 3 nitrogen and oxygen atoms in total. The Kier molecular flexibility index (Phi) is 3.98. The molecule has 0 aromatic heterocycles. The van der Waals surface area contributed by atoms with Crippen molar-refractivity contribution in [1.82, 2.24) is 0 Å². The molecule has 0 aliphatic carbocycles. The third-order valence-electron chi connectivity index (χ3n) is 2.17. The van der Waals surface area contributed by atoms with Gasteiger partial charge >= 0.3 is 5.97 Å². The molecule has 1 rings (SSSR count). The van der Waals surface area contributed by atoms with Crippen LogP contribution in [-0.2, 0) is 10.3 Å². The van der Waals surface area contributed by atoms with Crippen molar-refractivity contribution in [3.05, 3.63) is 34.1 Å². The molecule has 0 heterocycles. The third kappa shape index (κ3) is 2.76. The van der Waals surface area contributed by atoms with Crippen LogP contribution in [0.4, 0.5) is 8.78 Å². The summed E-state index contributed by atoms with van der Waals surface area (Å²) in [5.41, 5.74) is 3.59. The van der Waals surface area contributed by atoms with Crippen molar-refractivity contribution in [2.24, 2.45) is 5.73 Å². The predicted octanol–water partition coefficient (Wildman–Crippen LogP) is 2.19. The summed E-state index contributed by atoms with van der Waals surface area (Å²) in [6.45, 7) is -1.15. The molecule has 1 atom stereocenters. The van der Waals surface area contributed by atoms with E-state index in [1.807, 2.05) is 0 Å². The lowest BCUT2D eigenvalue weighted by Gasteiger charge is -2.25. The minimum atomic E-state index is -1.83. The van der Waals surface area contributed by atoms with Crippen molar-refractivity contribution in [3.8, 4) is 0 Å². The van der Waals surface area contributed by atoms with Crippen molar-refractivity contribution in [2.45, 2.75) is 12.0 Å². The Morgan fingerprint density at radius 1 is 1.56 bits per heavy atom. The van der Waals surface area contributed by atoms with Crippen LogP contribution >= 0.6 is 15.9 Å². The van der Waals surface area contributed by atoms with Crippen LogP contribution in [0.1, 0.15) is 12.0 Å². The van der Waals surface area contributed by atoms with Crippen LogP contribution in [0.25, 0.3) is 0 Å². The Hall–Kier alpha value is -1.01. The van der Waals surface area contributed by atoms with E-state index in [4.69, 9.17) is 10.8 Å². The van der Waals surface area contributed by atoms with E-state index < -0.39 is 30.4 Å². The number of aliphatic carboxylic acids is 1. The van der Waals surface area contributed by atoms with E-state index in [-0.39, 0.29) is 5.56 Å². The van der Waals surface area contributed by atoms with Gasteiger partial charge in [0.15, 0.2) is 0 Å². The molecular weight excluding hydrogens is 284 g/mol. The topological polar surface area (TPSA) is 63.3 Å². The molecule has 0 radical (unpaired) electrons. The minimum absolute atomic E-state index is 0.147. The first-order valence-corrected chi connectivity index (χ1v) is 5.20. The number of benzene rings is 1. The highest BCUT2D eigenvalue weighted by Crippen LogP contribution is 2.28. The van der Waals surface area contributed by atoms with Crippen molar-refractivity contribution in [2.75, 3.05) is 6.67 Å². The molecule has 0 saturated carbocycles. The Morgan fingerprint density at radius 2 is 2.19 bits per heavy atom. The minimum Gasteiger partial charge on any atom is -0.481 e. The van der Waals surface area contributed by atoms with Gasteiger partial charge in [0.1, 0.15) is 12.5 Å². The predicted molar refractivity (Wildman–Crippen MR) is 58.2 cm³/mol. The van der Waals surface area contributed by atoms with Crippen LogP contribution in [0.5, 0.6) is 0 Å². The Morgan fingerprint density at radius 3 is 2.69 bits per heavy atom. The van der Waals surface area contributed by atoms with Crippen molar-refractivity contribution in [3.63, 3.8) is 0 Å². The number of alkyl halides is 1. The fraction of sp³-hybridized carbons (Fsp3) is 0.300. The summed E-state index contributed by atoms with van der Waals surface area (Å²) < 4.78 is 26.8. The van der Waals surface area contributed by atoms with Gasteiger partial charge in [0.05, 0.1) is 12.0 Å². The third-order valence-corrected chi connectivity index (χ3v) is 2.66. The second-order valence-electron chi connectivity index (χ2n) is 3.48. The van der Waals surface area contributed by atoms with Crippen LogP contribution in [0.3, 0.4) is 0 Å². The first-order valence-electron chi connectivity index (χ1n) is 4.41. The second-order valence-corrected chi connectivity index (χ2v) is 4.40. The fourth-order valence-corrected chi connectivity index (χ4v) is 1.72. The number of halogens is 3. The van der Waals surface area contributed by atoms with Gasteiger partial charge in [-0.15, -0.1) is 0 Å². The molecule has 6 heteroatoms. The van der Waals surface area contributed by atoms with Gasteiger partial charge in [-0.3, -0.25) is 4.79 Å². The number of rotatable bonds is 4. The largest absolute Gasteiger partial charge is 0.481 e. The van der Waals surface area contributed by atoms with Gasteiger partial charge in [-0.25, -0.2) is 8.78 Å². The summed E-state index contributed by atoms with van der Waals surface area (Å²) in [6, 6.07) is 3.83. The first-order chi connectivity index (χ1) is 7.39. The number of hydrogen-bond acceptors (Lipinski definition) is 2. The molecule has 1 aromatic rings. The lowest BCUT2D eigenvalue weighted by atomic mass is 9.88. The number of hydrogen-bond donors (Lipinski definition) is 2. The van der Waals surface area contributed by atoms with E-state index in [1.165, 1.54) is 12.1 Å². The molecule has 16 heavy (non-hydrogen) atoms. The molecule has 0 aliphatic heterocycles. The molecule has 0 saturated heterocycles. The van der Waals surface area contributed by atoms with Gasteiger partial charge in [-0.05, 0) is 18.2 Å². The molecule has 0 amide bonds. The average molecular weight is 294 g/mol. The lowest BCUT2D eigenvalue weighted by Crippen LogP contribution is -2.42. The van der Waals surface area contributed by atoms with Gasteiger partial charge in [0, 0.05) is 10.0 Å². The van der Waals surface area contributed by atoms with Crippen LogP contribution in [-0.4, -0.2) is 17.8 Å². The maximum atomic E-state index is 13.4. The summed E-state index contributed by atoms with van der Waals surface area (Å²) in [6.07, 6.45) is -0.670. The van der Waals surface area contributed by atoms with E-state index in [1.54, 1.807) is 0 Å². The summed E-state index contributed by atoms with van der Waals surface area (Å²) >= 11 is 3.09. The van der Waals surface area contributed by atoms with E-state index in [0.29, 0.717) is 4.47 Å². The molecule has 3 N–H and O–H groups in total. The summed E-state index contributed by atoms with van der Waals surface area (Å²) in [5.74, 6) is -2.00. The molecule has 0 aliphatic rings. The van der Waals surface area contributed by atoms with Gasteiger partial charge in [-0.1, -0.05) is 15.9 Å². The quantitative estimate of drug-likeness (QED) is 0.894. The molecule has 0 unspecified atom stereocenters. The Bertz CT molecular complexity index is 414. The Labute approximate surface area is 99.4 Å². The highest BCUT2D eigenvalue weighted by Gasteiger charge is 2.33. The molecule has 0 fully saturated rings. The highest BCUT2D eigenvalue weighted by atomic mass is 79.9. The summed E-state index contributed by atoms with van der Waals surface area (Å²) in [4.78, 5) is 10.6. The first kappa shape index (κ1) is 13.1. The molecular formula is C10H10BrF2NO2. The normalized spacial score (nSPS) is 14.5. The molecule has 0 bridgehead atoms. The van der Waals surface area contributed by atoms with Gasteiger partial charge in [0.25, 0.3) is 0 Å². The summed E-state index contributed by atoms with van der Waals surface area (Å²) in [7, 11) is 0. The number of carboxylic acids is 1. The molecule has 88 valence electrons. The fourth-order valence-electron chi connectivity index (χ4n) is 1.36. The van der Waals surface area contributed by atoms with Gasteiger partial charge in [0.2, 0.25) is 0 Å². The standard InChI is InChI=1S/C10H10BrF2NO2/c11-6-1-2-8(13)7(3-6)10(14,5-12)4-9(15)16/h1-3H,4-5,14H2,(H,15,16)/t10-/m1/s1. The van der Waals surface area contributed by atoms with Crippen LogP contribution in [0.15, 0.2) is 22.7 Å². The van der Waals surface area contributed by atoms with E-state index in [0.717, 1.165) is 6.07 Å². The monoisotopic (exact) mass is 293 g/mol. The van der Waals surface area contributed by atoms with Crippen molar-refractivity contribution in [1.29, 1.82) is 0 Å². The van der Waals surface area contributed by atoms with Crippen LogP contribution < -0.4 is 5.73 Å². The number of carbonyl (C=O) groups is 1. The van der Waals surface area contributed by atoms with Gasteiger partial charge in [-0.2, -0.15) is 0 Å². The molecule has 1 aromatic carbocycles. The summed E-state index contributed by atoms with van der Waals surface area (Å²) in [5, 5.41) is 8.62. The van der Waals surface area contributed by atoms with E-state index >= 15 is 0 Å². The van der Waals surface area contributed by atoms with E-state index in [2.05, 4.69) is 15.9 Å². The number of nitrogens with two attached hydrogens (primary N) is 1. The number of carboxylic acid groups (broad SMARTS) is 1. The highest BCUT2D eigenvalue weighted by molar-refractivity contribution is 9.10. The zero-order chi connectivity index (χ0) is 12.3. The maximum Gasteiger partial charge on any atom is 0.305 e. The van der Waals surface area contributed by atoms with Crippen molar-refractivity contribution < 1.29 is 18.7 Å². The van der Waals surface area contributed by atoms with Crippen LogP contribution in [0, 0.1) is 5.82 Å². The zero-order valence-electron chi connectivity index (χ0n) is 8.21. The zero-order valence-corrected chi connectivity index (χ0v) is 9.80. The Balaban J connectivity index is 3.21. The lowest BCUT2D eigenvalue weighted by molar-refractivity contribution is -0.138. The average Bonchev–Trinajstić information content (AvgIpc) is 2.20. The van der Waals surface area contributed by atoms with E-state index in [9.17, 15) is 13.6 Å². The smallest absolute Gasteiger partial charge is 0.305 e. The van der Waals surface area contributed by atoms with Crippen molar-refractivity contribution >= 4 is 21.9 Å².